The average molecular weight is 540 g/mol. The molecule has 40 heavy (non-hydrogen) atoms. The number of amides is 4. The Bertz CT molecular complexity index is 1470. The number of nitrogens with zero attached hydrogens (tertiary/aromatic N) is 3. The summed E-state index contributed by atoms with van der Waals surface area (Å²) in [5.41, 5.74) is 3.25. The summed E-state index contributed by atoms with van der Waals surface area (Å²) in [5.74, 6) is -0.669. The molecule has 0 radical (unpaired) electrons. The lowest BCUT2D eigenvalue weighted by Gasteiger charge is -2.29. The van der Waals surface area contributed by atoms with Gasteiger partial charge in [0.2, 0.25) is 11.8 Å². The molecular formula is C30H29N5O5. The van der Waals surface area contributed by atoms with Crippen LogP contribution in [0.25, 0.3) is 0 Å². The molecule has 1 atom stereocenters. The fraction of sp³-hybridized carbons (Fsp3) is 0.267. The van der Waals surface area contributed by atoms with Crippen LogP contribution in [0.1, 0.15) is 58.9 Å². The van der Waals surface area contributed by atoms with Gasteiger partial charge in [-0.25, -0.2) is 0 Å². The molecule has 0 aromatic heterocycles. The van der Waals surface area contributed by atoms with E-state index in [1.165, 1.54) is 4.90 Å². The highest BCUT2D eigenvalue weighted by Crippen LogP contribution is 2.32. The molecule has 2 aliphatic rings. The van der Waals surface area contributed by atoms with Gasteiger partial charge in [-0.2, -0.15) is 10.2 Å². The summed E-state index contributed by atoms with van der Waals surface area (Å²) in [7, 11) is 0. The fourth-order valence-corrected chi connectivity index (χ4v) is 4.64. The zero-order valence-corrected chi connectivity index (χ0v) is 22.1. The fourth-order valence-electron chi connectivity index (χ4n) is 4.64. The number of anilines is 1. The highest BCUT2D eigenvalue weighted by Gasteiger charge is 2.40. The molecule has 0 spiro atoms. The first kappa shape index (κ1) is 26.7. The number of benzene rings is 3. The van der Waals surface area contributed by atoms with Crippen LogP contribution in [0.3, 0.4) is 0 Å². The van der Waals surface area contributed by atoms with E-state index < -0.39 is 11.9 Å². The number of piperidine rings is 1. The van der Waals surface area contributed by atoms with Crippen molar-refractivity contribution >= 4 is 40.7 Å². The second-order valence-electron chi connectivity index (χ2n) is 9.63. The summed E-state index contributed by atoms with van der Waals surface area (Å²) >= 11 is 0. The van der Waals surface area contributed by atoms with Crippen LogP contribution in [-0.4, -0.2) is 41.2 Å². The van der Waals surface area contributed by atoms with Crippen LogP contribution >= 0.6 is 0 Å². The number of hydrogen-bond donors (Lipinski definition) is 2. The number of imide groups is 1. The molecule has 1 saturated heterocycles. The monoisotopic (exact) mass is 539 g/mol. The quantitative estimate of drug-likeness (QED) is 0.217. The zero-order chi connectivity index (χ0) is 28.1. The van der Waals surface area contributed by atoms with Gasteiger partial charge in [0.15, 0.2) is 0 Å². The van der Waals surface area contributed by atoms with Crippen molar-refractivity contribution in [1.29, 1.82) is 0 Å². The number of fused-ring (bicyclic) bond motifs is 1. The number of ether oxygens (including phenoxy) is 1. The molecule has 3 aromatic rings. The molecule has 10 heteroatoms. The lowest BCUT2D eigenvalue weighted by atomic mass is 10.0. The second kappa shape index (κ2) is 11.9. The van der Waals surface area contributed by atoms with Crippen LogP contribution in [0, 0.1) is 0 Å². The van der Waals surface area contributed by atoms with Gasteiger partial charge in [0.1, 0.15) is 11.8 Å². The van der Waals surface area contributed by atoms with Crippen LogP contribution in [0.2, 0.25) is 0 Å². The van der Waals surface area contributed by atoms with Crippen LogP contribution < -0.4 is 15.4 Å². The van der Waals surface area contributed by atoms with Crippen molar-refractivity contribution in [1.82, 2.24) is 10.2 Å². The van der Waals surface area contributed by atoms with Gasteiger partial charge >= 0.3 is 0 Å². The van der Waals surface area contributed by atoms with Crippen LogP contribution in [-0.2, 0) is 16.1 Å². The van der Waals surface area contributed by atoms with Crippen molar-refractivity contribution in [2.75, 3.05) is 11.9 Å². The summed E-state index contributed by atoms with van der Waals surface area (Å²) in [6.07, 6.45) is 2.53. The maximum Gasteiger partial charge on any atom is 0.255 e. The number of carbonyl (C=O) groups excluding carboxylic acids is 4. The van der Waals surface area contributed by atoms with Gasteiger partial charge in [-0.1, -0.05) is 19.4 Å². The third kappa shape index (κ3) is 5.90. The van der Waals surface area contributed by atoms with E-state index in [1.54, 1.807) is 42.5 Å². The Hall–Kier alpha value is -4.86. The molecule has 1 fully saturated rings. The molecule has 4 amide bonds. The molecule has 2 N–H and O–H groups in total. The van der Waals surface area contributed by atoms with Crippen molar-refractivity contribution in [3.05, 3.63) is 83.4 Å². The van der Waals surface area contributed by atoms with Crippen LogP contribution in [0.15, 0.2) is 77.0 Å². The van der Waals surface area contributed by atoms with Crippen LogP contribution in [0.4, 0.5) is 17.1 Å². The maximum absolute atomic E-state index is 13.0. The maximum atomic E-state index is 13.0. The first-order chi connectivity index (χ1) is 19.4. The van der Waals surface area contributed by atoms with Gasteiger partial charge in [-0.15, -0.1) is 0 Å². The Morgan fingerprint density at radius 2 is 1.70 bits per heavy atom. The second-order valence-corrected chi connectivity index (χ2v) is 9.63. The van der Waals surface area contributed by atoms with E-state index in [-0.39, 0.29) is 37.1 Å². The highest BCUT2D eigenvalue weighted by molar-refractivity contribution is 6.08. The minimum atomic E-state index is -0.722. The van der Waals surface area contributed by atoms with Gasteiger partial charge in [0, 0.05) is 35.3 Å². The molecule has 0 bridgehead atoms. The predicted octanol–water partition coefficient (Wildman–Crippen LogP) is 5.29. The van der Waals surface area contributed by atoms with Gasteiger partial charge in [-0.05, 0) is 73.5 Å². The number of carbonyl (C=O) groups is 4. The van der Waals surface area contributed by atoms with Crippen molar-refractivity contribution in [2.45, 2.75) is 45.2 Å². The van der Waals surface area contributed by atoms with E-state index in [0.717, 1.165) is 18.6 Å². The third-order valence-corrected chi connectivity index (χ3v) is 6.84. The molecule has 1 unspecified atom stereocenters. The zero-order valence-electron chi connectivity index (χ0n) is 22.1. The molecule has 2 aliphatic heterocycles. The highest BCUT2D eigenvalue weighted by atomic mass is 16.5. The average Bonchev–Trinajstić information content (AvgIpc) is 3.30. The Balaban J connectivity index is 1.22. The Morgan fingerprint density at radius 3 is 2.38 bits per heavy atom. The van der Waals surface area contributed by atoms with E-state index in [2.05, 4.69) is 27.8 Å². The minimum absolute atomic E-state index is 0.169. The molecule has 204 valence electrons. The standard InChI is InChI=1S/C30H29N5O5/c1-2-3-17-40-22-13-11-21(12-14-22)34-33-20-9-7-19(8-10-20)28(37)31-25-6-4-5-23-24(25)18-35(30(23)39)26-15-16-27(36)32-29(26)38/h4-14,26H,2-3,15-18H2,1H3,(H,31,37)(H,32,36,38). The molecule has 10 nitrogen and oxygen atoms in total. The Morgan fingerprint density at radius 1 is 1.00 bits per heavy atom. The van der Waals surface area contributed by atoms with Crippen molar-refractivity contribution in [2.24, 2.45) is 10.2 Å². The van der Waals surface area contributed by atoms with E-state index in [0.29, 0.717) is 40.4 Å². The Labute approximate surface area is 231 Å². The number of nitrogens with one attached hydrogen (secondary N) is 2. The van der Waals surface area contributed by atoms with E-state index in [9.17, 15) is 19.2 Å². The first-order valence-electron chi connectivity index (χ1n) is 13.3. The molecule has 3 aromatic carbocycles. The molecule has 5 rings (SSSR count). The summed E-state index contributed by atoms with van der Waals surface area (Å²) in [6, 6.07) is 18.4. The first-order valence-corrected chi connectivity index (χ1v) is 13.3. The van der Waals surface area contributed by atoms with Crippen molar-refractivity contribution in [3.63, 3.8) is 0 Å². The summed E-state index contributed by atoms with van der Waals surface area (Å²) in [6.45, 7) is 2.97. The molecule has 2 heterocycles. The predicted molar refractivity (Wildman–Crippen MR) is 148 cm³/mol. The number of rotatable bonds is 9. The van der Waals surface area contributed by atoms with Gasteiger partial charge in [0.05, 0.1) is 18.0 Å². The smallest absolute Gasteiger partial charge is 0.255 e. The number of azo groups is 1. The third-order valence-electron chi connectivity index (χ3n) is 6.84. The SMILES string of the molecule is CCCCOc1ccc(N=Nc2ccc(C(=O)Nc3cccc4c3CN(C3CCC(=O)NC3=O)C4=O)cc2)cc1. The van der Waals surface area contributed by atoms with Gasteiger partial charge in [0.25, 0.3) is 11.8 Å². The minimum Gasteiger partial charge on any atom is -0.494 e. The molecule has 0 aliphatic carbocycles. The lowest BCUT2D eigenvalue weighted by Crippen LogP contribution is -2.52. The van der Waals surface area contributed by atoms with Crippen molar-refractivity contribution in [3.8, 4) is 5.75 Å². The lowest BCUT2D eigenvalue weighted by molar-refractivity contribution is -0.136. The van der Waals surface area contributed by atoms with E-state index in [1.807, 2.05) is 24.3 Å². The summed E-state index contributed by atoms with van der Waals surface area (Å²) in [5, 5.41) is 13.7. The molecule has 0 saturated carbocycles. The number of unbranched alkanes of at least 4 members (excludes halogenated alkanes) is 1. The summed E-state index contributed by atoms with van der Waals surface area (Å²) in [4.78, 5) is 51.3. The number of hydrogen-bond acceptors (Lipinski definition) is 7. The van der Waals surface area contributed by atoms with Crippen molar-refractivity contribution < 1.29 is 23.9 Å². The summed E-state index contributed by atoms with van der Waals surface area (Å²) < 4.78 is 5.66. The topological polar surface area (TPSA) is 130 Å². The van der Waals surface area contributed by atoms with Gasteiger partial charge < -0.3 is 15.0 Å². The van der Waals surface area contributed by atoms with E-state index in [4.69, 9.17) is 4.74 Å². The van der Waals surface area contributed by atoms with E-state index >= 15 is 0 Å². The normalized spacial score (nSPS) is 16.7. The molecular weight excluding hydrogens is 510 g/mol. The Kier molecular flexibility index (Phi) is 7.95. The largest absolute Gasteiger partial charge is 0.494 e. The van der Waals surface area contributed by atoms with Crippen LogP contribution in [0.5, 0.6) is 5.75 Å². The van der Waals surface area contributed by atoms with Gasteiger partial charge in [-0.3, -0.25) is 24.5 Å².